The molecule has 2 N–H and O–H groups in total. The van der Waals surface area contributed by atoms with E-state index in [1.54, 1.807) is 5.48 Å². The van der Waals surface area contributed by atoms with Crippen LogP contribution in [-0.2, 0) is 19.6 Å². The van der Waals surface area contributed by atoms with Crippen LogP contribution in [0, 0.1) is 0 Å². The molecule has 2 aliphatic heterocycles. The number of benzene rings is 1. The molecular weight excluding hydrogens is 448 g/mol. The van der Waals surface area contributed by atoms with Crippen molar-refractivity contribution in [1.29, 1.82) is 0 Å². The minimum Gasteiger partial charge on any atom is -0.494 e. The molecule has 0 spiro atoms. The van der Waals surface area contributed by atoms with Gasteiger partial charge in [-0.2, -0.15) is 4.31 Å². The second-order valence-electron chi connectivity index (χ2n) is 8.53. The van der Waals surface area contributed by atoms with Crippen LogP contribution in [0.3, 0.4) is 0 Å². The second-order valence-corrected chi connectivity index (χ2v) is 10.8. The lowest BCUT2D eigenvalue weighted by Crippen LogP contribution is -2.63. The molecule has 184 valence electrons. The molecule has 1 aromatic rings. The molecule has 0 radical (unpaired) electrons. The lowest BCUT2D eigenvalue weighted by molar-refractivity contribution is -0.137. The van der Waals surface area contributed by atoms with Crippen molar-refractivity contribution in [3.8, 4) is 5.75 Å². The monoisotopic (exact) mass is 482 g/mol. The molecule has 2 fully saturated rings. The van der Waals surface area contributed by atoms with Crippen LogP contribution in [0.25, 0.3) is 0 Å². The number of likely N-dealkylation sites (tertiary alicyclic amines) is 1. The molecular formula is C22H34N4O6S. The van der Waals surface area contributed by atoms with Crippen molar-refractivity contribution >= 4 is 27.5 Å². The Kier molecular flexibility index (Phi) is 8.19. The first-order chi connectivity index (χ1) is 15.7. The molecule has 0 aromatic heterocycles. The molecule has 2 aliphatic rings. The number of amides is 2. The van der Waals surface area contributed by atoms with E-state index in [4.69, 9.17) is 4.74 Å². The third kappa shape index (κ3) is 5.25. The number of piperazine rings is 1. The van der Waals surface area contributed by atoms with E-state index in [-0.39, 0.29) is 44.9 Å². The van der Waals surface area contributed by atoms with Gasteiger partial charge in [0, 0.05) is 51.9 Å². The Balaban J connectivity index is 1.67. The fourth-order valence-electron chi connectivity index (χ4n) is 4.41. The van der Waals surface area contributed by atoms with Gasteiger partial charge in [0.05, 0.1) is 6.61 Å². The van der Waals surface area contributed by atoms with Gasteiger partial charge < -0.3 is 14.5 Å². The molecule has 0 atom stereocenters. The van der Waals surface area contributed by atoms with Crippen molar-refractivity contribution in [1.82, 2.24) is 14.7 Å². The van der Waals surface area contributed by atoms with Crippen molar-refractivity contribution in [2.24, 2.45) is 0 Å². The van der Waals surface area contributed by atoms with Gasteiger partial charge in [0.15, 0.2) is 4.75 Å². The molecule has 2 heterocycles. The Morgan fingerprint density at radius 1 is 1.06 bits per heavy atom. The highest BCUT2D eigenvalue weighted by atomic mass is 32.2. The van der Waals surface area contributed by atoms with E-state index in [0.717, 1.165) is 24.3 Å². The molecule has 2 amide bonds. The maximum atomic E-state index is 13.6. The van der Waals surface area contributed by atoms with Crippen LogP contribution in [0.5, 0.6) is 5.75 Å². The number of ether oxygens (including phenoxy) is 1. The highest BCUT2D eigenvalue weighted by Crippen LogP contribution is 2.34. The summed E-state index contributed by atoms with van der Waals surface area (Å²) in [5.41, 5.74) is 2.53. The van der Waals surface area contributed by atoms with E-state index in [1.165, 1.54) is 16.1 Å². The number of anilines is 1. The van der Waals surface area contributed by atoms with Crippen molar-refractivity contribution < 1.29 is 28.0 Å². The van der Waals surface area contributed by atoms with Gasteiger partial charge in [-0.1, -0.05) is 13.3 Å². The summed E-state index contributed by atoms with van der Waals surface area (Å²) in [7, 11) is -4.06. The average molecular weight is 483 g/mol. The summed E-state index contributed by atoms with van der Waals surface area (Å²) >= 11 is 0. The lowest BCUT2D eigenvalue weighted by Gasteiger charge is -2.44. The van der Waals surface area contributed by atoms with Gasteiger partial charge in [0.2, 0.25) is 15.9 Å². The Labute approximate surface area is 195 Å². The number of sulfonamides is 1. The minimum atomic E-state index is -4.06. The Bertz CT molecular complexity index is 921. The maximum absolute atomic E-state index is 13.6. The van der Waals surface area contributed by atoms with Crippen LogP contribution in [0.2, 0.25) is 0 Å². The zero-order chi connectivity index (χ0) is 24.1. The number of carbonyl (C=O) groups excluding carboxylic acids is 2. The van der Waals surface area contributed by atoms with Gasteiger partial charge in [-0.15, -0.1) is 0 Å². The number of hydroxylamine groups is 1. The predicted octanol–water partition coefficient (Wildman–Crippen LogP) is 1.20. The summed E-state index contributed by atoms with van der Waals surface area (Å²) in [6.07, 6.45) is 1.96. The quantitative estimate of drug-likeness (QED) is 0.325. The lowest BCUT2D eigenvalue weighted by atomic mass is 9.95. The summed E-state index contributed by atoms with van der Waals surface area (Å²) < 4.78 is 32.4. The summed E-state index contributed by atoms with van der Waals surface area (Å²) in [6, 6.07) is 7.75. The number of hydrogen-bond acceptors (Lipinski definition) is 7. The van der Waals surface area contributed by atoms with Gasteiger partial charge in [-0.25, -0.2) is 13.9 Å². The number of hydrogen-bond donors (Lipinski definition) is 2. The number of piperidine rings is 1. The zero-order valence-electron chi connectivity index (χ0n) is 19.3. The van der Waals surface area contributed by atoms with Crippen molar-refractivity contribution in [3.63, 3.8) is 0 Å². The van der Waals surface area contributed by atoms with E-state index < -0.39 is 20.7 Å². The van der Waals surface area contributed by atoms with Crippen LogP contribution in [0.15, 0.2) is 24.3 Å². The second kappa shape index (κ2) is 10.7. The summed E-state index contributed by atoms with van der Waals surface area (Å²) in [6.45, 7) is 5.92. The summed E-state index contributed by atoms with van der Waals surface area (Å²) in [5, 5.41) is 9.29. The van der Waals surface area contributed by atoms with E-state index in [1.807, 2.05) is 24.3 Å². The van der Waals surface area contributed by atoms with E-state index >= 15 is 0 Å². The fraction of sp³-hybridized carbons (Fsp3) is 0.636. The molecule has 0 aliphatic carbocycles. The van der Waals surface area contributed by atoms with Gasteiger partial charge in [-0.3, -0.25) is 14.8 Å². The number of carbonyl (C=O) groups is 2. The normalized spacial score (nSPS) is 19.2. The van der Waals surface area contributed by atoms with Crippen molar-refractivity contribution in [3.05, 3.63) is 24.3 Å². The third-order valence-electron chi connectivity index (χ3n) is 6.57. The summed E-state index contributed by atoms with van der Waals surface area (Å²) in [5.74, 6) is -0.296. The highest BCUT2D eigenvalue weighted by molar-refractivity contribution is 7.91. The first kappa shape index (κ1) is 25.3. The Morgan fingerprint density at radius 2 is 1.67 bits per heavy atom. The zero-order valence-corrected chi connectivity index (χ0v) is 20.1. The van der Waals surface area contributed by atoms with Crippen LogP contribution < -0.4 is 15.1 Å². The number of rotatable bonds is 8. The molecule has 0 unspecified atom stereocenters. The average Bonchev–Trinajstić information content (AvgIpc) is 2.84. The SMILES string of the molecule is CCCCOc1ccc(N2CCN(S(=O)(=O)C3(C(=O)NO)CCN(C(C)=O)CC3)CC2)cc1. The maximum Gasteiger partial charge on any atom is 0.266 e. The number of nitrogens with one attached hydrogen (secondary N) is 1. The standard InChI is InChI=1S/C22H34N4O6S/c1-3-4-17-32-20-7-5-19(6-8-20)25-13-15-26(16-14-25)33(30,31)22(21(28)23-29)9-11-24(12-10-22)18(2)27/h5-8,29H,3-4,9-17H2,1-2H3,(H,23,28). The first-order valence-electron chi connectivity index (χ1n) is 11.4. The predicted molar refractivity (Wildman–Crippen MR) is 124 cm³/mol. The first-order valence-corrected chi connectivity index (χ1v) is 12.9. The van der Waals surface area contributed by atoms with E-state index in [9.17, 15) is 23.2 Å². The molecule has 11 heteroatoms. The fourth-order valence-corrected chi connectivity index (χ4v) is 6.52. The van der Waals surface area contributed by atoms with Crippen molar-refractivity contribution in [2.75, 3.05) is 50.8 Å². The molecule has 10 nitrogen and oxygen atoms in total. The molecule has 1 aromatic carbocycles. The summed E-state index contributed by atoms with van der Waals surface area (Å²) in [4.78, 5) is 27.9. The Morgan fingerprint density at radius 3 is 2.18 bits per heavy atom. The molecule has 33 heavy (non-hydrogen) atoms. The topological polar surface area (TPSA) is 119 Å². The van der Waals surface area contributed by atoms with Crippen molar-refractivity contribution in [2.45, 2.75) is 44.3 Å². The van der Waals surface area contributed by atoms with Crippen LogP contribution in [0.4, 0.5) is 5.69 Å². The smallest absolute Gasteiger partial charge is 0.266 e. The van der Waals surface area contributed by atoms with Crippen LogP contribution in [0.1, 0.15) is 39.5 Å². The van der Waals surface area contributed by atoms with Gasteiger partial charge in [0.1, 0.15) is 5.75 Å². The van der Waals surface area contributed by atoms with Gasteiger partial charge >= 0.3 is 0 Å². The van der Waals surface area contributed by atoms with E-state index in [2.05, 4.69) is 11.8 Å². The molecule has 3 rings (SSSR count). The van der Waals surface area contributed by atoms with Gasteiger partial charge in [0.25, 0.3) is 5.91 Å². The molecule has 0 saturated carbocycles. The highest BCUT2D eigenvalue weighted by Gasteiger charge is 2.55. The van der Waals surface area contributed by atoms with Gasteiger partial charge in [-0.05, 0) is 43.5 Å². The third-order valence-corrected chi connectivity index (χ3v) is 9.20. The number of nitrogens with zero attached hydrogens (tertiary/aromatic N) is 3. The largest absolute Gasteiger partial charge is 0.494 e. The number of unbranched alkanes of at least 4 members (excludes halogenated alkanes) is 1. The van der Waals surface area contributed by atoms with Crippen LogP contribution in [-0.4, -0.2) is 85.3 Å². The Hall–Kier alpha value is -2.37. The minimum absolute atomic E-state index is 0.0545. The molecule has 2 saturated heterocycles. The van der Waals surface area contributed by atoms with E-state index in [0.29, 0.717) is 19.7 Å². The molecule has 0 bridgehead atoms. The van der Waals surface area contributed by atoms with Crippen LogP contribution >= 0.6 is 0 Å².